The number of fused-ring (bicyclic) bond motifs is 3. The molecule has 1 saturated heterocycles. The lowest BCUT2D eigenvalue weighted by atomic mass is 9.93. The van der Waals surface area contributed by atoms with Crippen molar-refractivity contribution < 1.29 is 9.90 Å². The lowest BCUT2D eigenvalue weighted by molar-refractivity contribution is -0.131. The Balaban J connectivity index is 2.06. The standard InChI is InChI=1S/C12H14N2O2/c1-8(15)14-7-6-12(16)9-4-2-3-5-10(9)13-11(12)14/h2-5,11,13,16H,6-7H2,1H3. The molecule has 0 saturated carbocycles. The summed E-state index contributed by atoms with van der Waals surface area (Å²) in [4.78, 5) is 13.2. The number of carbonyl (C=O) groups excluding carboxylic acids is 1. The summed E-state index contributed by atoms with van der Waals surface area (Å²) in [5.74, 6) is 0.00114. The highest BCUT2D eigenvalue weighted by Gasteiger charge is 2.53. The summed E-state index contributed by atoms with van der Waals surface area (Å²) in [5.41, 5.74) is 0.923. The number of benzene rings is 1. The number of para-hydroxylation sites is 1. The molecule has 0 spiro atoms. The van der Waals surface area contributed by atoms with Crippen LogP contribution < -0.4 is 5.32 Å². The summed E-state index contributed by atoms with van der Waals surface area (Å²) in [6.07, 6.45) is 0.295. The normalized spacial score (nSPS) is 30.9. The number of anilines is 1. The van der Waals surface area contributed by atoms with Crippen molar-refractivity contribution in [1.29, 1.82) is 0 Å². The van der Waals surface area contributed by atoms with Crippen LogP contribution in [-0.4, -0.2) is 28.6 Å². The van der Waals surface area contributed by atoms with Gasteiger partial charge < -0.3 is 15.3 Å². The molecule has 16 heavy (non-hydrogen) atoms. The maximum Gasteiger partial charge on any atom is 0.221 e. The molecule has 2 atom stereocenters. The fourth-order valence-electron chi connectivity index (χ4n) is 2.77. The minimum absolute atomic E-state index is 0.00114. The molecule has 0 radical (unpaired) electrons. The predicted octanol–water partition coefficient (Wildman–Crippen LogP) is 0.878. The van der Waals surface area contributed by atoms with Gasteiger partial charge in [0, 0.05) is 31.1 Å². The van der Waals surface area contributed by atoms with Crippen LogP contribution in [0, 0.1) is 0 Å². The lowest BCUT2D eigenvalue weighted by Crippen LogP contribution is -2.45. The maximum absolute atomic E-state index is 11.5. The Hall–Kier alpha value is -1.55. The first kappa shape index (κ1) is 9.66. The van der Waals surface area contributed by atoms with Crippen LogP contribution in [0.4, 0.5) is 5.69 Å². The molecule has 0 aromatic heterocycles. The molecule has 1 aromatic rings. The largest absolute Gasteiger partial charge is 0.381 e. The second-order valence-electron chi connectivity index (χ2n) is 4.48. The average Bonchev–Trinajstić information content (AvgIpc) is 2.71. The first-order chi connectivity index (χ1) is 7.63. The Morgan fingerprint density at radius 3 is 3.06 bits per heavy atom. The van der Waals surface area contributed by atoms with Crippen LogP contribution >= 0.6 is 0 Å². The Bertz CT molecular complexity index is 460. The molecule has 1 aromatic carbocycles. The molecule has 1 amide bonds. The van der Waals surface area contributed by atoms with E-state index in [1.165, 1.54) is 6.92 Å². The average molecular weight is 218 g/mol. The van der Waals surface area contributed by atoms with Gasteiger partial charge in [-0.15, -0.1) is 0 Å². The van der Waals surface area contributed by atoms with E-state index in [9.17, 15) is 9.90 Å². The van der Waals surface area contributed by atoms with E-state index in [-0.39, 0.29) is 12.1 Å². The fraction of sp³-hybridized carbons (Fsp3) is 0.417. The Labute approximate surface area is 93.9 Å². The highest BCUT2D eigenvalue weighted by atomic mass is 16.3. The molecular weight excluding hydrogens is 204 g/mol. The van der Waals surface area contributed by atoms with E-state index in [0.717, 1.165) is 11.3 Å². The summed E-state index contributed by atoms with van der Waals surface area (Å²) < 4.78 is 0. The Morgan fingerprint density at radius 1 is 1.56 bits per heavy atom. The van der Waals surface area contributed by atoms with E-state index < -0.39 is 5.60 Å². The lowest BCUT2D eigenvalue weighted by Gasteiger charge is -2.27. The van der Waals surface area contributed by atoms with Crippen molar-refractivity contribution in [3.63, 3.8) is 0 Å². The van der Waals surface area contributed by atoms with Gasteiger partial charge in [0.1, 0.15) is 11.8 Å². The number of amides is 1. The van der Waals surface area contributed by atoms with Gasteiger partial charge in [0.15, 0.2) is 0 Å². The third kappa shape index (κ3) is 1.05. The zero-order valence-electron chi connectivity index (χ0n) is 9.10. The first-order valence-corrected chi connectivity index (χ1v) is 5.48. The molecule has 2 unspecified atom stereocenters. The first-order valence-electron chi connectivity index (χ1n) is 5.48. The highest BCUT2D eigenvalue weighted by Crippen LogP contribution is 2.46. The molecule has 2 aliphatic rings. The van der Waals surface area contributed by atoms with E-state index >= 15 is 0 Å². The second-order valence-corrected chi connectivity index (χ2v) is 4.48. The minimum atomic E-state index is -0.914. The zero-order valence-corrected chi connectivity index (χ0v) is 9.10. The Kier molecular flexibility index (Phi) is 1.80. The van der Waals surface area contributed by atoms with Crippen molar-refractivity contribution in [3.8, 4) is 0 Å². The van der Waals surface area contributed by atoms with E-state index in [4.69, 9.17) is 0 Å². The van der Waals surface area contributed by atoms with Gasteiger partial charge in [-0.1, -0.05) is 18.2 Å². The van der Waals surface area contributed by atoms with Crippen LogP contribution in [-0.2, 0) is 10.4 Å². The monoisotopic (exact) mass is 218 g/mol. The smallest absolute Gasteiger partial charge is 0.221 e. The molecule has 4 heteroatoms. The summed E-state index contributed by atoms with van der Waals surface area (Å²) >= 11 is 0. The van der Waals surface area contributed by atoms with Gasteiger partial charge in [-0.25, -0.2) is 0 Å². The number of hydrogen-bond acceptors (Lipinski definition) is 3. The number of nitrogens with zero attached hydrogens (tertiary/aromatic N) is 1. The van der Waals surface area contributed by atoms with Gasteiger partial charge >= 0.3 is 0 Å². The molecule has 84 valence electrons. The molecule has 4 nitrogen and oxygen atoms in total. The van der Waals surface area contributed by atoms with Gasteiger partial charge in [-0.3, -0.25) is 4.79 Å². The minimum Gasteiger partial charge on any atom is -0.381 e. The summed E-state index contributed by atoms with van der Waals surface area (Å²) in [6.45, 7) is 2.15. The van der Waals surface area contributed by atoms with Gasteiger partial charge in [-0.05, 0) is 6.07 Å². The molecule has 0 bridgehead atoms. The van der Waals surface area contributed by atoms with Crippen molar-refractivity contribution >= 4 is 11.6 Å². The molecule has 2 aliphatic heterocycles. The van der Waals surface area contributed by atoms with Crippen molar-refractivity contribution in [2.45, 2.75) is 25.1 Å². The van der Waals surface area contributed by atoms with Crippen LogP contribution in [0.25, 0.3) is 0 Å². The van der Waals surface area contributed by atoms with Crippen LogP contribution in [0.15, 0.2) is 24.3 Å². The number of rotatable bonds is 0. The van der Waals surface area contributed by atoms with Crippen molar-refractivity contribution in [3.05, 3.63) is 29.8 Å². The van der Waals surface area contributed by atoms with Crippen LogP contribution in [0.1, 0.15) is 18.9 Å². The van der Waals surface area contributed by atoms with Gasteiger partial charge in [0.05, 0.1) is 0 Å². The third-order valence-corrected chi connectivity index (χ3v) is 3.59. The topological polar surface area (TPSA) is 52.6 Å². The number of likely N-dealkylation sites (tertiary alicyclic amines) is 1. The number of nitrogens with one attached hydrogen (secondary N) is 1. The van der Waals surface area contributed by atoms with E-state index in [1.807, 2.05) is 24.3 Å². The number of aliphatic hydroxyl groups is 1. The summed E-state index contributed by atoms with van der Waals surface area (Å²) in [6, 6.07) is 7.70. The quantitative estimate of drug-likeness (QED) is 0.679. The van der Waals surface area contributed by atoms with Crippen molar-refractivity contribution in [2.24, 2.45) is 0 Å². The third-order valence-electron chi connectivity index (χ3n) is 3.59. The molecule has 2 N–H and O–H groups in total. The van der Waals surface area contributed by atoms with E-state index in [1.54, 1.807) is 4.90 Å². The number of carbonyl (C=O) groups is 1. The van der Waals surface area contributed by atoms with Crippen LogP contribution in [0.2, 0.25) is 0 Å². The van der Waals surface area contributed by atoms with Crippen LogP contribution in [0.5, 0.6) is 0 Å². The molecule has 0 aliphatic carbocycles. The van der Waals surface area contributed by atoms with Crippen molar-refractivity contribution in [2.75, 3.05) is 11.9 Å². The van der Waals surface area contributed by atoms with Gasteiger partial charge in [0.2, 0.25) is 5.91 Å². The van der Waals surface area contributed by atoms with Crippen LogP contribution in [0.3, 0.4) is 0 Å². The second kappa shape index (κ2) is 2.98. The maximum atomic E-state index is 11.5. The molecular formula is C12H14N2O2. The summed E-state index contributed by atoms with van der Waals surface area (Å²) in [5, 5.41) is 13.9. The SMILES string of the molecule is CC(=O)N1CCC2(O)c3ccccc3NC12. The van der Waals surface area contributed by atoms with Gasteiger partial charge in [0.25, 0.3) is 0 Å². The predicted molar refractivity (Wildman–Crippen MR) is 59.8 cm³/mol. The highest BCUT2D eigenvalue weighted by molar-refractivity contribution is 5.76. The van der Waals surface area contributed by atoms with Gasteiger partial charge in [-0.2, -0.15) is 0 Å². The zero-order chi connectivity index (χ0) is 11.3. The fourth-order valence-corrected chi connectivity index (χ4v) is 2.77. The molecule has 3 rings (SSSR count). The summed E-state index contributed by atoms with van der Waals surface area (Å²) in [7, 11) is 0. The molecule has 2 heterocycles. The van der Waals surface area contributed by atoms with Crippen molar-refractivity contribution in [1.82, 2.24) is 4.90 Å². The van der Waals surface area contributed by atoms with E-state index in [2.05, 4.69) is 5.32 Å². The number of hydrogen-bond donors (Lipinski definition) is 2. The van der Waals surface area contributed by atoms with E-state index in [0.29, 0.717) is 13.0 Å². The Morgan fingerprint density at radius 2 is 2.31 bits per heavy atom. The molecule has 1 fully saturated rings.